The Bertz CT molecular complexity index is 1140. The number of aromatic nitrogens is 2. The highest BCUT2D eigenvalue weighted by Gasteiger charge is 2.22. The highest BCUT2D eigenvalue weighted by Crippen LogP contribution is 2.27. The van der Waals surface area contributed by atoms with Crippen molar-refractivity contribution < 1.29 is 9.53 Å². The summed E-state index contributed by atoms with van der Waals surface area (Å²) in [5, 5.41) is 2.25. The van der Waals surface area contributed by atoms with Gasteiger partial charge in [-0.05, 0) is 51.5 Å². The van der Waals surface area contributed by atoms with Gasteiger partial charge in [-0.1, -0.05) is 36.4 Å². The molecule has 4 nitrogen and oxygen atoms in total. The fourth-order valence-corrected chi connectivity index (χ4v) is 3.56. The number of carbonyl (C=O) groups is 1. The molecule has 0 aliphatic heterocycles. The van der Waals surface area contributed by atoms with E-state index in [0.29, 0.717) is 6.42 Å². The fraction of sp³-hybridized carbons (Fsp3) is 0.261. The lowest BCUT2D eigenvalue weighted by Gasteiger charge is -2.21. The molecule has 1 N–H and O–H groups in total. The Labute approximate surface area is 158 Å². The third kappa shape index (κ3) is 3.23. The van der Waals surface area contributed by atoms with Gasteiger partial charge in [-0.15, -0.1) is 0 Å². The largest absolute Gasteiger partial charge is 0.443 e. The molecule has 0 aliphatic rings. The molecule has 4 rings (SSSR count). The second kappa shape index (κ2) is 6.31. The zero-order chi connectivity index (χ0) is 19.2. The summed E-state index contributed by atoms with van der Waals surface area (Å²) in [6.45, 7) is 7.78. The normalized spacial score (nSPS) is 12.0. The number of hydrogen-bond acceptors (Lipinski definition) is 2. The third-order valence-electron chi connectivity index (χ3n) is 4.79. The first-order valence-corrected chi connectivity index (χ1v) is 9.22. The number of ether oxygens (including phenoxy) is 1. The van der Waals surface area contributed by atoms with Crippen LogP contribution >= 0.6 is 0 Å². The lowest BCUT2D eigenvalue weighted by atomic mass is 10.1. The van der Waals surface area contributed by atoms with Crippen molar-refractivity contribution in [1.29, 1.82) is 0 Å². The number of hydrogen-bond donors (Lipinski definition) is 1. The van der Waals surface area contributed by atoms with Crippen molar-refractivity contribution in [2.75, 3.05) is 0 Å². The molecule has 4 heteroatoms. The van der Waals surface area contributed by atoms with Crippen LogP contribution in [0.5, 0.6) is 0 Å². The summed E-state index contributed by atoms with van der Waals surface area (Å²) in [5.74, 6) is 0. The minimum atomic E-state index is -0.545. The van der Waals surface area contributed by atoms with Crippen LogP contribution in [0.25, 0.3) is 21.8 Å². The van der Waals surface area contributed by atoms with E-state index < -0.39 is 5.60 Å². The lowest BCUT2D eigenvalue weighted by molar-refractivity contribution is 0.0541. The number of carbonyl (C=O) groups excluding carboxylic acids is 1. The van der Waals surface area contributed by atoms with E-state index in [1.807, 2.05) is 57.2 Å². The van der Waals surface area contributed by atoms with Crippen LogP contribution < -0.4 is 0 Å². The first-order valence-electron chi connectivity index (χ1n) is 9.22. The van der Waals surface area contributed by atoms with Crippen molar-refractivity contribution in [2.45, 2.75) is 39.7 Å². The molecule has 4 aromatic rings. The van der Waals surface area contributed by atoms with Crippen LogP contribution in [0.3, 0.4) is 0 Å². The molecule has 0 unspecified atom stereocenters. The van der Waals surface area contributed by atoms with Crippen molar-refractivity contribution >= 4 is 27.9 Å². The summed E-state index contributed by atoms with van der Waals surface area (Å²) >= 11 is 0. The number of nitrogens with zero attached hydrogens (tertiary/aromatic N) is 1. The molecular formula is C23H24N2O2. The highest BCUT2D eigenvalue weighted by molar-refractivity contribution is 5.91. The summed E-state index contributed by atoms with van der Waals surface area (Å²) in [6, 6.07) is 18.3. The van der Waals surface area contributed by atoms with E-state index in [4.69, 9.17) is 4.74 Å². The van der Waals surface area contributed by atoms with Crippen LogP contribution in [0.2, 0.25) is 0 Å². The van der Waals surface area contributed by atoms with Crippen LogP contribution in [0, 0.1) is 6.92 Å². The highest BCUT2D eigenvalue weighted by atomic mass is 16.6. The smallest absolute Gasteiger partial charge is 0.419 e. The molecule has 2 aromatic carbocycles. The molecule has 0 fully saturated rings. The van der Waals surface area contributed by atoms with Crippen LogP contribution in [0.4, 0.5) is 4.79 Å². The molecule has 0 radical (unpaired) electrons. The van der Waals surface area contributed by atoms with Crippen molar-refractivity contribution in [3.8, 4) is 0 Å². The molecule has 2 heterocycles. The molecule has 0 aliphatic carbocycles. The molecule has 0 amide bonds. The number of para-hydroxylation sites is 2. The predicted octanol–water partition coefficient (Wildman–Crippen LogP) is 5.81. The summed E-state index contributed by atoms with van der Waals surface area (Å²) in [5.41, 5.74) is 4.69. The van der Waals surface area contributed by atoms with Gasteiger partial charge in [-0.25, -0.2) is 9.36 Å². The first-order chi connectivity index (χ1) is 12.8. The van der Waals surface area contributed by atoms with Crippen molar-refractivity contribution in [2.24, 2.45) is 0 Å². The Morgan fingerprint density at radius 2 is 1.78 bits per heavy atom. The van der Waals surface area contributed by atoms with E-state index in [-0.39, 0.29) is 6.09 Å². The fourth-order valence-electron chi connectivity index (χ4n) is 3.56. The van der Waals surface area contributed by atoms with Crippen molar-refractivity contribution in [3.05, 3.63) is 71.5 Å². The van der Waals surface area contributed by atoms with Gasteiger partial charge in [0.25, 0.3) is 0 Å². The van der Waals surface area contributed by atoms with Gasteiger partial charge < -0.3 is 9.72 Å². The van der Waals surface area contributed by atoms with Gasteiger partial charge in [0.2, 0.25) is 0 Å². The van der Waals surface area contributed by atoms with E-state index in [0.717, 1.165) is 27.8 Å². The minimum absolute atomic E-state index is 0.340. The second-order valence-corrected chi connectivity index (χ2v) is 7.96. The van der Waals surface area contributed by atoms with E-state index in [1.54, 1.807) is 4.57 Å². The van der Waals surface area contributed by atoms with Gasteiger partial charge in [0.05, 0.1) is 5.52 Å². The van der Waals surface area contributed by atoms with Gasteiger partial charge in [0, 0.05) is 34.1 Å². The maximum atomic E-state index is 12.9. The van der Waals surface area contributed by atoms with Gasteiger partial charge in [0.1, 0.15) is 5.60 Å². The monoisotopic (exact) mass is 360 g/mol. The summed E-state index contributed by atoms with van der Waals surface area (Å²) in [7, 11) is 0. The average molecular weight is 360 g/mol. The van der Waals surface area contributed by atoms with Crippen molar-refractivity contribution in [3.63, 3.8) is 0 Å². The molecule has 0 spiro atoms. The Morgan fingerprint density at radius 3 is 2.52 bits per heavy atom. The maximum absolute atomic E-state index is 12.9. The van der Waals surface area contributed by atoms with Gasteiger partial charge in [0.15, 0.2) is 0 Å². The minimum Gasteiger partial charge on any atom is -0.443 e. The summed E-state index contributed by atoms with van der Waals surface area (Å²) in [4.78, 5) is 16.4. The van der Waals surface area contributed by atoms with E-state index in [1.165, 1.54) is 10.9 Å². The lowest BCUT2D eigenvalue weighted by Crippen LogP contribution is -2.28. The standard InChI is InChI=1S/C23H24N2O2/c1-15-18-10-6-7-11-19(18)24-20(15)14-17-13-16-9-5-8-12-21(16)25(17)22(26)27-23(2,3)4/h5-13,24H,14H2,1-4H3. The molecule has 0 atom stereocenters. The molecule has 0 saturated carbocycles. The predicted molar refractivity (Wildman–Crippen MR) is 109 cm³/mol. The van der Waals surface area contributed by atoms with Crippen LogP contribution in [-0.2, 0) is 11.2 Å². The summed E-state index contributed by atoms with van der Waals surface area (Å²) in [6.07, 6.45) is 0.293. The zero-order valence-corrected chi connectivity index (χ0v) is 16.2. The number of rotatable bonds is 2. The number of fused-ring (bicyclic) bond motifs is 2. The van der Waals surface area contributed by atoms with E-state index >= 15 is 0 Å². The van der Waals surface area contributed by atoms with E-state index in [9.17, 15) is 4.79 Å². The Balaban J connectivity index is 1.82. The molecule has 0 saturated heterocycles. The van der Waals surface area contributed by atoms with Gasteiger partial charge in [-0.3, -0.25) is 0 Å². The van der Waals surface area contributed by atoms with Gasteiger partial charge in [-0.2, -0.15) is 0 Å². The molecule has 138 valence electrons. The summed E-state index contributed by atoms with van der Waals surface area (Å²) < 4.78 is 7.37. The molecule has 0 bridgehead atoms. The zero-order valence-electron chi connectivity index (χ0n) is 16.2. The quantitative estimate of drug-likeness (QED) is 0.491. The Morgan fingerprint density at radius 1 is 1.07 bits per heavy atom. The number of nitrogens with one attached hydrogen (secondary N) is 1. The SMILES string of the molecule is Cc1c(Cc2cc3ccccc3n2C(=O)OC(C)(C)C)[nH]c2ccccc12. The third-order valence-corrected chi connectivity index (χ3v) is 4.79. The number of benzene rings is 2. The number of aryl methyl sites for hydroxylation is 1. The van der Waals surface area contributed by atoms with Crippen LogP contribution in [-0.4, -0.2) is 21.2 Å². The van der Waals surface area contributed by atoms with Gasteiger partial charge >= 0.3 is 6.09 Å². The molecule has 27 heavy (non-hydrogen) atoms. The Kier molecular flexibility index (Phi) is 4.06. The topological polar surface area (TPSA) is 47.0 Å². The van der Waals surface area contributed by atoms with Crippen molar-refractivity contribution in [1.82, 2.24) is 9.55 Å². The number of H-pyrrole nitrogens is 1. The number of aromatic amines is 1. The maximum Gasteiger partial charge on any atom is 0.419 e. The van der Waals surface area contributed by atoms with Crippen LogP contribution in [0.1, 0.15) is 37.7 Å². The van der Waals surface area contributed by atoms with Crippen LogP contribution in [0.15, 0.2) is 54.6 Å². The molecular weight excluding hydrogens is 336 g/mol. The Hall–Kier alpha value is -3.01. The second-order valence-electron chi connectivity index (χ2n) is 7.96. The van der Waals surface area contributed by atoms with E-state index in [2.05, 4.69) is 30.1 Å². The average Bonchev–Trinajstić information content (AvgIpc) is 3.12. The molecule has 2 aromatic heterocycles. The first kappa shape index (κ1) is 17.4.